The number of aromatic nitrogens is 2. The van der Waals surface area contributed by atoms with E-state index in [1.807, 2.05) is 6.92 Å². The zero-order valence-electron chi connectivity index (χ0n) is 12.5. The van der Waals surface area contributed by atoms with E-state index in [0.717, 1.165) is 5.56 Å². The Bertz CT molecular complexity index is 959. The van der Waals surface area contributed by atoms with E-state index in [2.05, 4.69) is 15.3 Å². The van der Waals surface area contributed by atoms with Gasteiger partial charge in [-0.1, -0.05) is 11.6 Å². The van der Waals surface area contributed by atoms with Gasteiger partial charge in [0, 0.05) is 10.7 Å². The van der Waals surface area contributed by atoms with Crippen LogP contribution in [0.2, 0.25) is 5.02 Å². The van der Waals surface area contributed by atoms with Gasteiger partial charge in [0.25, 0.3) is 5.91 Å². The van der Waals surface area contributed by atoms with Crippen molar-refractivity contribution >= 4 is 34.2 Å². The first-order valence-corrected chi connectivity index (χ1v) is 7.23. The molecule has 0 fully saturated rings. The van der Waals surface area contributed by atoms with E-state index in [4.69, 9.17) is 16.3 Å². The Hall–Kier alpha value is -2.73. The molecule has 0 saturated carbocycles. The third-order valence-electron chi connectivity index (χ3n) is 3.52. The number of hydrogen-bond donors (Lipinski definition) is 3. The predicted octanol–water partition coefficient (Wildman–Crippen LogP) is 3.08. The van der Waals surface area contributed by atoms with E-state index in [9.17, 15) is 9.59 Å². The van der Waals surface area contributed by atoms with Gasteiger partial charge >= 0.3 is 5.69 Å². The highest BCUT2D eigenvalue weighted by Crippen LogP contribution is 2.25. The molecule has 3 rings (SSSR count). The minimum Gasteiger partial charge on any atom is -0.496 e. The third kappa shape index (κ3) is 2.93. The average Bonchev–Trinajstić information content (AvgIpc) is 2.86. The van der Waals surface area contributed by atoms with Crippen molar-refractivity contribution in [2.45, 2.75) is 6.92 Å². The standard InChI is InChI=1S/C16H14ClN3O3/c1-8-5-12-13(20-16(22)19-12)7-11(8)18-15(21)10-6-9(17)3-4-14(10)23-2/h3-7H,1-2H3,(H,18,21)(H2,19,20,22). The predicted molar refractivity (Wildman–Crippen MR) is 89.6 cm³/mol. The van der Waals surface area contributed by atoms with Crippen LogP contribution in [0.5, 0.6) is 5.75 Å². The molecule has 3 N–H and O–H groups in total. The Morgan fingerprint density at radius 2 is 1.87 bits per heavy atom. The molecule has 7 heteroatoms. The lowest BCUT2D eigenvalue weighted by Crippen LogP contribution is -2.14. The summed E-state index contributed by atoms with van der Waals surface area (Å²) in [5.74, 6) is 0.0883. The molecule has 0 aliphatic rings. The third-order valence-corrected chi connectivity index (χ3v) is 3.75. The zero-order valence-corrected chi connectivity index (χ0v) is 13.2. The number of imidazole rings is 1. The van der Waals surface area contributed by atoms with Gasteiger partial charge < -0.3 is 20.0 Å². The number of anilines is 1. The van der Waals surface area contributed by atoms with Crippen LogP contribution in [0.4, 0.5) is 5.69 Å². The highest BCUT2D eigenvalue weighted by Gasteiger charge is 2.15. The van der Waals surface area contributed by atoms with Gasteiger partial charge in [-0.15, -0.1) is 0 Å². The molecule has 118 valence electrons. The van der Waals surface area contributed by atoms with Gasteiger partial charge in [0.15, 0.2) is 0 Å². The molecule has 1 aromatic heterocycles. The minimum atomic E-state index is -0.343. The van der Waals surface area contributed by atoms with E-state index < -0.39 is 0 Å². The van der Waals surface area contributed by atoms with Gasteiger partial charge in [-0.2, -0.15) is 0 Å². The SMILES string of the molecule is COc1ccc(Cl)cc1C(=O)Nc1cc2[nH]c(=O)[nH]c2cc1C. The number of nitrogens with one attached hydrogen (secondary N) is 3. The molecule has 2 aromatic carbocycles. The molecule has 0 aliphatic carbocycles. The number of hydrogen-bond acceptors (Lipinski definition) is 3. The Morgan fingerprint density at radius 1 is 1.17 bits per heavy atom. The highest BCUT2D eigenvalue weighted by molar-refractivity contribution is 6.31. The maximum atomic E-state index is 12.5. The van der Waals surface area contributed by atoms with Crippen LogP contribution in [-0.2, 0) is 0 Å². The fraction of sp³-hybridized carbons (Fsp3) is 0.125. The molecule has 0 radical (unpaired) electrons. The molecule has 0 saturated heterocycles. The molecule has 3 aromatic rings. The van der Waals surface area contributed by atoms with Crippen molar-refractivity contribution in [3.05, 3.63) is 57.0 Å². The number of carbonyl (C=O) groups is 1. The van der Waals surface area contributed by atoms with E-state index in [1.165, 1.54) is 7.11 Å². The van der Waals surface area contributed by atoms with Crippen LogP contribution in [0, 0.1) is 6.92 Å². The second kappa shape index (κ2) is 5.81. The Kier molecular flexibility index (Phi) is 3.83. The number of benzene rings is 2. The van der Waals surface area contributed by atoms with Crippen LogP contribution in [0.25, 0.3) is 11.0 Å². The van der Waals surface area contributed by atoms with Crippen molar-refractivity contribution in [3.8, 4) is 5.75 Å². The first kappa shape index (κ1) is 15.2. The van der Waals surface area contributed by atoms with Crippen molar-refractivity contribution in [2.75, 3.05) is 12.4 Å². The average molecular weight is 332 g/mol. The summed E-state index contributed by atoms with van der Waals surface area (Å²) in [4.78, 5) is 29.2. The van der Waals surface area contributed by atoms with Gasteiger partial charge in [0.2, 0.25) is 0 Å². The number of ether oxygens (including phenoxy) is 1. The van der Waals surface area contributed by atoms with Gasteiger partial charge in [0.1, 0.15) is 5.75 Å². The molecule has 0 bridgehead atoms. The normalized spacial score (nSPS) is 10.7. The van der Waals surface area contributed by atoms with E-state index in [0.29, 0.717) is 33.1 Å². The summed E-state index contributed by atoms with van der Waals surface area (Å²) in [7, 11) is 1.49. The summed E-state index contributed by atoms with van der Waals surface area (Å²) in [5, 5.41) is 3.26. The van der Waals surface area contributed by atoms with Gasteiger partial charge in [0.05, 0.1) is 23.7 Å². The summed E-state index contributed by atoms with van der Waals surface area (Å²) >= 11 is 5.95. The number of rotatable bonds is 3. The Balaban J connectivity index is 1.98. The number of carbonyl (C=O) groups excluding carboxylic acids is 1. The lowest BCUT2D eigenvalue weighted by atomic mass is 10.1. The lowest BCUT2D eigenvalue weighted by molar-refractivity contribution is 0.102. The fourth-order valence-electron chi connectivity index (χ4n) is 2.37. The van der Waals surface area contributed by atoms with Crippen molar-refractivity contribution in [3.63, 3.8) is 0 Å². The van der Waals surface area contributed by atoms with Crippen LogP contribution in [-0.4, -0.2) is 23.0 Å². The summed E-state index contributed by atoms with van der Waals surface area (Å²) in [6.07, 6.45) is 0. The summed E-state index contributed by atoms with van der Waals surface area (Å²) in [5.41, 5.74) is 2.77. The van der Waals surface area contributed by atoms with Crippen LogP contribution in [0.3, 0.4) is 0 Å². The van der Waals surface area contributed by atoms with Crippen LogP contribution in [0.1, 0.15) is 15.9 Å². The molecular weight excluding hydrogens is 318 g/mol. The molecule has 0 aliphatic heterocycles. The smallest absolute Gasteiger partial charge is 0.323 e. The monoisotopic (exact) mass is 331 g/mol. The maximum absolute atomic E-state index is 12.5. The summed E-state index contributed by atoms with van der Waals surface area (Å²) in [6, 6.07) is 8.33. The maximum Gasteiger partial charge on any atom is 0.323 e. The minimum absolute atomic E-state index is 0.292. The molecule has 0 atom stereocenters. The Labute approximate surface area is 136 Å². The summed E-state index contributed by atoms with van der Waals surface area (Å²) < 4.78 is 5.19. The lowest BCUT2D eigenvalue weighted by Gasteiger charge is -2.11. The molecule has 6 nitrogen and oxygen atoms in total. The number of amides is 1. The second-order valence-electron chi connectivity index (χ2n) is 5.09. The van der Waals surface area contributed by atoms with Crippen LogP contribution >= 0.6 is 11.6 Å². The van der Waals surface area contributed by atoms with Gasteiger partial charge in [-0.25, -0.2) is 4.79 Å². The van der Waals surface area contributed by atoms with Gasteiger partial charge in [-0.3, -0.25) is 4.79 Å². The summed E-state index contributed by atoms with van der Waals surface area (Å²) in [6.45, 7) is 1.84. The van der Waals surface area contributed by atoms with E-state index in [1.54, 1.807) is 30.3 Å². The molecule has 23 heavy (non-hydrogen) atoms. The van der Waals surface area contributed by atoms with Crippen LogP contribution < -0.4 is 15.7 Å². The molecule has 0 unspecified atom stereocenters. The fourth-order valence-corrected chi connectivity index (χ4v) is 2.54. The number of aryl methyl sites for hydroxylation is 1. The molecule has 1 heterocycles. The van der Waals surface area contributed by atoms with E-state index in [-0.39, 0.29) is 11.6 Å². The second-order valence-corrected chi connectivity index (χ2v) is 5.53. The van der Waals surface area contributed by atoms with E-state index >= 15 is 0 Å². The topological polar surface area (TPSA) is 87.0 Å². The van der Waals surface area contributed by atoms with Crippen molar-refractivity contribution in [1.82, 2.24) is 9.97 Å². The largest absolute Gasteiger partial charge is 0.496 e. The first-order chi connectivity index (χ1) is 11.0. The van der Waals surface area contributed by atoms with Crippen molar-refractivity contribution in [1.29, 1.82) is 0 Å². The highest BCUT2D eigenvalue weighted by atomic mass is 35.5. The quantitative estimate of drug-likeness (QED) is 0.689. The van der Waals surface area contributed by atoms with Gasteiger partial charge in [-0.05, 0) is 42.8 Å². The molecular formula is C16H14ClN3O3. The first-order valence-electron chi connectivity index (χ1n) is 6.85. The number of H-pyrrole nitrogens is 2. The zero-order chi connectivity index (χ0) is 16.6. The van der Waals surface area contributed by atoms with Crippen LogP contribution in [0.15, 0.2) is 35.1 Å². The molecule has 0 spiro atoms. The Morgan fingerprint density at radius 3 is 2.57 bits per heavy atom. The van der Waals surface area contributed by atoms with Crippen molar-refractivity contribution in [2.24, 2.45) is 0 Å². The van der Waals surface area contributed by atoms with Crippen molar-refractivity contribution < 1.29 is 9.53 Å². The number of fused-ring (bicyclic) bond motifs is 1. The number of halogens is 1. The molecule has 1 amide bonds. The number of methoxy groups -OCH3 is 1. The number of aromatic amines is 2.